The van der Waals surface area contributed by atoms with Gasteiger partial charge in [0.2, 0.25) is 5.91 Å². The highest BCUT2D eigenvalue weighted by atomic mass is 35.5. The molecule has 1 amide bonds. The van der Waals surface area contributed by atoms with Gasteiger partial charge in [-0.3, -0.25) is 4.79 Å². The van der Waals surface area contributed by atoms with Crippen molar-refractivity contribution >= 4 is 23.2 Å². The summed E-state index contributed by atoms with van der Waals surface area (Å²) < 4.78 is 0. The van der Waals surface area contributed by atoms with Gasteiger partial charge in [0.1, 0.15) is 6.04 Å². The molecule has 1 heterocycles. The van der Waals surface area contributed by atoms with Crippen LogP contribution in [0.5, 0.6) is 0 Å². The predicted octanol–water partition coefficient (Wildman–Crippen LogP) is 1.90. The van der Waals surface area contributed by atoms with Gasteiger partial charge in [-0.15, -0.1) is 0 Å². The highest BCUT2D eigenvalue weighted by Gasteiger charge is 2.30. The first-order chi connectivity index (χ1) is 9.13. The van der Waals surface area contributed by atoms with Crippen molar-refractivity contribution in [1.82, 2.24) is 5.32 Å². The number of amides is 1. The number of nitrogens with two attached hydrogens (primary N) is 1. The fraction of sp³-hybridized carbons (Fsp3) is 0.500. The van der Waals surface area contributed by atoms with Crippen LogP contribution >= 0.6 is 11.6 Å². The Kier molecular flexibility index (Phi) is 4.66. The summed E-state index contributed by atoms with van der Waals surface area (Å²) in [5.74, 6) is -0.248. The number of carbonyl (C=O) groups excluding carboxylic acids is 1. The quantitative estimate of drug-likeness (QED) is 0.867. The van der Waals surface area contributed by atoms with Crippen molar-refractivity contribution in [3.05, 3.63) is 28.8 Å². The van der Waals surface area contributed by atoms with Crippen LogP contribution in [-0.4, -0.2) is 25.0 Å². The summed E-state index contributed by atoms with van der Waals surface area (Å²) in [4.78, 5) is 13.6. The van der Waals surface area contributed by atoms with Gasteiger partial charge >= 0.3 is 0 Å². The molecule has 19 heavy (non-hydrogen) atoms. The van der Waals surface area contributed by atoms with Crippen LogP contribution in [0.2, 0.25) is 5.02 Å². The van der Waals surface area contributed by atoms with E-state index in [4.69, 9.17) is 17.3 Å². The largest absolute Gasteiger partial charge is 0.368 e. The average Bonchev–Trinajstić information content (AvgIpc) is 2.85. The molecule has 1 fully saturated rings. The summed E-state index contributed by atoms with van der Waals surface area (Å²) in [6.45, 7) is 4.57. The number of nitrogens with one attached hydrogen (secondary N) is 1. The van der Waals surface area contributed by atoms with Crippen molar-refractivity contribution in [2.75, 3.05) is 18.0 Å². The highest BCUT2D eigenvalue weighted by Crippen LogP contribution is 2.30. The second-order valence-electron chi connectivity index (χ2n) is 4.81. The molecule has 1 atom stereocenters. The normalized spacial score (nSPS) is 18.8. The van der Waals surface area contributed by atoms with E-state index < -0.39 is 0 Å². The van der Waals surface area contributed by atoms with E-state index in [1.54, 1.807) is 0 Å². The van der Waals surface area contributed by atoms with Crippen molar-refractivity contribution in [3.8, 4) is 0 Å². The maximum absolute atomic E-state index is 11.5. The minimum Gasteiger partial charge on any atom is -0.368 e. The molecule has 104 valence electrons. The Bertz CT molecular complexity index is 464. The Labute approximate surface area is 118 Å². The Morgan fingerprint density at radius 2 is 2.37 bits per heavy atom. The van der Waals surface area contributed by atoms with Gasteiger partial charge in [-0.1, -0.05) is 18.5 Å². The van der Waals surface area contributed by atoms with Crippen LogP contribution in [0.1, 0.15) is 25.3 Å². The summed E-state index contributed by atoms with van der Waals surface area (Å²) in [5, 5.41) is 4.01. The lowest BCUT2D eigenvalue weighted by molar-refractivity contribution is -0.119. The smallest absolute Gasteiger partial charge is 0.240 e. The molecule has 0 saturated carbocycles. The van der Waals surface area contributed by atoms with E-state index in [0.717, 1.165) is 43.7 Å². The third kappa shape index (κ3) is 3.19. The Morgan fingerprint density at radius 1 is 1.58 bits per heavy atom. The summed E-state index contributed by atoms with van der Waals surface area (Å²) >= 11 is 6.06. The third-order valence-electron chi connectivity index (χ3n) is 3.50. The average molecular weight is 282 g/mol. The van der Waals surface area contributed by atoms with Crippen LogP contribution in [-0.2, 0) is 11.3 Å². The fourth-order valence-corrected chi connectivity index (χ4v) is 2.78. The molecule has 4 nitrogen and oxygen atoms in total. The zero-order valence-electron chi connectivity index (χ0n) is 11.2. The molecule has 0 aliphatic carbocycles. The third-order valence-corrected chi connectivity index (χ3v) is 3.73. The number of hydrogen-bond acceptors (Lipinski definition) is 3. The van der Waals surface area contributed by atoms with E-state index in [0.29, 0.717) is 5.02 Å². The molecule has 0 aromatic heterocycles. The Balaban J connectivity index is 2.29. The Hall–Kier alpha value is -1.26. The first kappa shape index (κ1) is 14.2. The maximum Gasteiger partial charge on any atom is 0.240 e. The molecule has 1 aromatic rings. The molecule has 1 saturated heterocycles. The zero-order chi connectivity index (χ0) is 13.8. The van der Waals surface area contributed by atoms with Crippen molar-refractivity contribution in [3.63, 3.8) is 0 Å². The van der Waals surface area contributed by atoms with Gasteiger partial charge in [-0.05, 0) is 43.1 Å². The van der Waals surface area contributed by atoms with Crippen LogP contribution < -0.4 is 16.0 Å². The van der Waals surface area contributed by atoms with E-state index in [-0.39, 0.29) is 11.9 Å². The molecular formula is C14H20ClN3O. The maximum atomic E-state index is 11.5. The van der Waals surface area contributed by atoms with E-state index in [1.807, 2.05) is 18.2 Å². The summed E-state index contributed by atoms with van der Waals surface area (Å²) in [6.07, 6.45) is 1.83. The topological polar surface area (TPSA) is 58.4 Å². The minimum absolute atomic E-state index is 0.193. The molecule has 1 aromatic carbocycles. The number of rotatable bonds is 5. The van der Waals surface area contributed by atoms with E-state index in [1.165, 1.54) is 0 Å². The molecule has 1 unspecified atom stereocenters. The number of halogens is 1. The lowest BCUT2D eigenvalue weighted by Crippen LogP contribution is -2.40. The molecule has 5 heteroatoms. The number of carbonyl (C=O) groups is 1. The molecule has 0 spiro atoms. The molecule has 2 rings (SSSR count). The number of hydrogen-bond donors (Lipinski definition) is 2. The second-order valence-corrected chi connectivity index (χ2v) is 5.24. The van der Waals surface area contributed by atoms with E-state index in [2.05, 4.69) is 17.1 Å². The van der Waals surface area contributed by atoms with Gasteiger partial charge in [0, 0.05) is 23.8 Å². The van der Waals surface area contributed by atoms with Gasteiger partial charge in [0.15, 0.2) is 0 Å². The predicted molar refractivity (Wildman–Crippen MR) is 78.4 cm³/mol. The van der Waals surface area contributed by atoms with Crippen molar-refractivity contribution in [1.29, 1.82) is 0 Å². The Morgan fingerprint density at radius 3 is 3.05 bits per heavy atom. The van der Waals surface area contributed by atoms with Crippen molar-refractivity contribution in [2.45, 2.75) is 32.4 Å². The zero-order valence-corrected chi connectivity index (χ0v) is 11.9. The highest BCUT2D eigenvalue weighted by molar-refractivity contribution is 6.30. The number of nitrogens with zero attached hydrogens (tertiary/aromatic N) is 1. The lowest BCUT2D eigenvalue weighted by atomic mass is 10.1. The summed E-state index contributed by atoms with van der Waals surface area (Å²) in [6, 6.07) is 5.61. The van der Waals surface area contributed by atoms with E-state index >= 15 is 0 Å². The van der Waals surface area contributed by atoms with Gasteiger partial charge in [0.05, 0.1) is 0 Å². The van der Waals surface area contributed by atoms with Crippen LogP contribution in [0.4, 0.5) is 5.69 Å². The van der Waals surface area contributed by atoms with Crippen LogP contribution in [0.3, 0.4) is 0 Å². The van der Waals surface area contributed by atoms with Gasteiger partial charge < -0.3 is 16.0 Å². The molecule has 0 radical (unpaired) electrons. The number of anilines is 1. The molecule has 1 aliphatic rings. The number of benzene rings is 1. The standard InChI is InChI=1S/C14H20ClN3O/c1-2-17-9-10-8-11(15)5-6-12(10)18-7-3-4-13(18)14(16)19/h5-6,8,13,17H,2-4,7,9H2,1H3,(H2,16,19). The van der Waals surface area contributed by atoms with E-state index in [9.17, 15) is 4.79 Å². The van der Waals surface area contributed by atoms with Crippen LogP contribution in [0.15, 0.2) is 18.2 Å². The van der Waals surface area contributed by atoms with Crippen molar-refractivity contribution < 1.29 is 4.79 Å². The lowest BCUT2D eigenvalue weighted by Gasteiger charge is -2.27. The molecule has 3 N–H and O–H groups in total. The van der Waals surface area contributed by atoms with Gasteiger partial charge in [0.25, 0.3) is 0 Å². The first-order valence-corrected chi connectivity index (χ1v) is 7.06. The van der Waals surface area contributed by atoms with Gasteiger partial charge in [-0.2, -0.15) is 0 Å². The van der Waals surface area contributed by atoms with Crippen LogP contribution in [0, 0.1) is 0 Å². The first-order valence-electron chi connectivity index (χ1n) is 6.68. The summed E-state index contributed by atoms with van der Waals surface area (Å²) in [5.41, 5.74) is 7.66. The van der Waals surface area contributed by atoms with Crippen molar-refractivity contribution in [2.24, 2.45) is 5.73 Å². The number of primary amides is 1. The SMILES string of the molecule is CCNCc1cc(Cl)ccc1N1CCCC1C(N)=O. The molecule has 0 bridgehead atoms. The second kappa shape index (κ2) is 6.26. The van der Waals surface area contributed by atoms with Crippen LogP contribution in [0.25, 0.3) is 0 Å². The summed E-state index contributed by atoms with van der Waals surface area (Å²) in [7, 11) is 0. The molecular weight excluding hydrogens is 262 g/mol. The minimum atomic E-state index is -0.248. The van der Waals surface area contributed by atoms with Gasteiger partial charge in [-0.25, -0.2) is 0 Å². The monoisotopic (exact) mass is 281 g/mol. The fourth-order valence-electron chi connectivity index (χ4n) is 2.59. The molecule has 1 aliphatic heterocycles.